The van der Waals surface area contributed by atoms with Gasteiger partial charge in [0, 0.05) is 11.4 Å². The second-order valence-electron chi connectivity index (χ2n) is 4.21. The molecule has 96 valence electrons. The van der Waals surface area contributed by atoms with E-state index in [1.807, 2.05) is 6.92 Å². The lowest BCUT2D eigenvalue weighted by Crippen LogP contribution is -2.42. The number of hydrogen-bond donors (Lipinski definition) is 1. The van der Waals surface area contributed by atoms with Gasteiger partial charge in [-0.15, -0.1) is 11.8 Å². The van der Waals surface area contributed by atoms with Crippen LogP contribution in [-0.2, 0) is 4.79 Å². The summed E-state index contributed by atoms with van der Waals surface area (Å²) >= 11 is 1.45. The van der Waals surface area contributed by atoms with Crippen LogP contribution in [0.5, 0.6) is 0 Å². The minimum absolute atomic E-state index is 0.252. The van der Waals surface area contributed by atoms with E-state index in [1.165, 1.54) is 16.7 Å². The van der Waals surface area contributed by atoms with E-state index < -0.39 is 12.0 Å². The SMILES string of the molecule is Cc1ccc(C(=O)N2CSC[C@H]2C(=O)O)c(C)n1. The molecule has 0 bridgehead atoms. The van der Waals surface area contributed by atoms with Crippen LogP contribution in [0.3, 0.4) is 0 Å². The van der Waals surface area contributed by atoms with Gasteiger partial charge in [-0.1, -0.05) is 0 Å². The van der Waals surface area contributed by atoms with Gasteiger partial charge in [0.25, 0.3) is 5.91 Å². The van der Waals surface area contributed by atoms with E-state index >= 15 is 0 Å². The number of rotatable bonds is 2. The summed E-state index contributed by atoms with van der Waals surface area (Å²) < 4.78 is 0. The average molecular weight is 266 g/mol. The van der Waals surface area contributed by atoms with Crippen molar-refractivity contribution in [2.45, 2.75) is 19.9 Å². The molecule has 5 nitrogen and oxygen atoms in total. The molecular weight excluding hydrogens is 252 g/mol. The molecule has 1 aliphatic heterocycles. The number of carboxylic acid groups (broad SMARTS) is 1. The fourth-order valence-electron chi connectivity index (χ4n) is 1.91. The first-order valence-electron chi connectivity index (χ1n) is 5.56. The summed E-state index contributed by atoms with van der Waals surface area (Å²) in [5.74, 6) is -0.341. The van der Waals surface area contributed by atoms with Gasteiger partial charge in [0.15, 0.2) is 0 Å². The first kappa shape index (κ1) is 12.9. The van der Waals surface area contributed by atoms with E-state index in [0.29, 0.717) is 22.9 Å². The molecule has 1 saturated heterocycles. The molecule has 1 amide bonds. The summed E-state index contributed by atoms with van der Waals surface area (Å²) in [4.78, 5) is 29.0. The van der Waals surface area contributed by atoms with Crippen LogP contribution in [0.25, 0.3) is 0 Å². The lowest BCUT2D eigenvalue weighted by Gasteiger charge is -2.21. The molecule has 1 aromatic rings. The first-order chi connectivity index (χ1) is 8.50. The van der Waals surface area contributed by atoms with Crippen molar-refractivity contribution in [3.63, 3.8) is 0 Å². The van der Waals surface area contributed by atoms with Crippen molar-refractivity contribution in [3.8, 4) is 0 Å². The third-order valence-electron chi connectivity index (χ3n) is 2.88. The number of carboxylic acids is 1. The second kappa shape index (κ2) is 4.97. The maximum absolute atomic E-state index is 12.3. The number of pyridine rings is 1. The Hall–Kier alpha value is -1.56. The van der Waals surface area contributed by atoms with Crippen molar-refractivity contribution >= 4 is 23.6 Å². The molecule has 1 aliphatic rings. The van der Waals surface area contributed by atoms with Gasteiger partial charge in [0.1, 0.15) is 6.04 Å². The Morgan fingerprint density at radius 3 is 2.78 bits per heavy atom. The van der Waals surface area contributed by atoms with Gasteiger partial charge < -0.3 is 10.0 Å². The molecule has 18 heavy (non-hydrogen) atoms. The zero-order valence-electron chi connectivity index (χ0n) is 10.2. The Bertz CT molecular complexity index is 504. The molecule has 0 aliphatic carbocycles. The molecule has 2 rings (SSSR count). The van der Waals surface area contributed by atoms with E-state index in [2.05, 4.69) is 4.98 Å². The molecule has 1 N–H and O–H groups in total. The van der Waals surface area contributed by atoms with E-state index in [4.69, 9.17) is 5.11 Å². The average Bonchev–Trinajstić information content (AvgIpc) is 2.77. The van der Waals surface area contributed by atoms with Crippen LogP contribution in [-0.4, -0.2) is 44.5 Å². The van der Waals surface area contributed by atoms with Gasteiger partial charge in [0.2, 0.25) is 0 Å². The number of thioether (sulfide) groups is 1. The van der Waals surface area contributed by atoms with Crippen LogP contribution in [0.15, 0.2) is 12.1 Å². The number of aromatic nitrogens is 1. The number of amides is 1. The van der Waals surface area contributed by atoms with Gasteiger partial charge >= 0.3 is 5.97 Å². The number of carbonyl (C=O) groups excluding carboxylic acids is 1. The third kappa shape index (κ3) is 2.33. The van der Waals surface area contributed by atoms with Gasteiger partial charge in [-0.05, 0) is 26.0 Å². The highest BCUT2D eigenvalue weighted by molar-refractivity contribution is 7.99. The van der Waals surface area contributed by atoms with E-state index in [0.717, 1.165) is 5.69 Å². The third-order valence-corrected chi connectivity index (χ3v) is 3.90. The Morgan fingerprint density at radius 2 is 2.17 bits per heavy atom. The van der Waals surface area contributed by atoms with Gasteiger partial charge in [-0.25, -0.2) is 4.79 Å². The first-order valence-corrected chi connectivity index (χ1v) is 6.72. The van der Waals surface area contributed by atoms with Crippen molar-refractivity contribution in [3.05, 3.63) is 29.1 Å². The summed E-state index contributed by atoms with van der Waals surface area (Å²) in [5, 5.41) is 9.07. The molecule has 0 spiro atoms. The van der Waals surface area contributed by atoms with Crippen molar-refractivity contribution in [1.29, 1.82) is 0 Å². The molecule has 1 atom stereocenters. The minimum atomic E-state index is -0.953. The fraction of sp³-hybridized carbons (Fsp3) is 0.417. The van der Waals surface area contributed by atoms with Crippen LogP contribution in [0.1, 0.15) is 21.7 Å². The summed E-state index contributed by atoms with van der Waals surface area (Å²) in [6.45, 7) is 3.62. The molecule has 2 heterocycles. The van der Waals surface area contributed by atoms with E-state index in [-0.39, 0.29) is 5.91 Å². The van der Waals surface area contributed by atoms with Crippen LogP contribution in [0.2, 0.25) is 0 Å². The van der Waals surface area contributed by atoms with Crippen molar-refractivity contribution in [1.82, 2.24) is 9.88 Å². The molecule has 0 aromatic carbocycles. The van der Waals surface area contributed by atoms with Crippen molar-refractivity contribution < 1.29 is 14.7 Å². The standard InChI is InChI=1S/C12H14N2O3S/c1-7-3-4-9(8(2)13-7)11(15)14-6-18-5-10(14)12(16)17/h3-4,10H,5-6H2,1-2H3,(H,16,17)/t10-/m0/s1. The van der Waals surface area contributed by atoms with Gasteiger partial charge in [-0.2, -0.15) is 0 Å². The lowest BCUT2D eigenvalue weighted by molar-refractivity contribution is -0.140. The summed E-state index contributed by atoms with van der Waals surface area (Å²) in [5.41, 5.74) is 1.96. The van der Waals surface area contributed by atoms with Crippen molar-refractivity contribution in [2.24, 2.45) is 0 Å². The maximum Gasteiger partial charge on any atom is 0.327 e. The van der Waals surface area contributed by atoms with Crippen LogP contribution in [0, 0.1) is 13.8 Å². The normalized spacial score (nSPS) is 19.0. The molecule has 0 unspecified atom stereocenters. The van der Waals surface area contributed by atoms with Gasteiger partial charge in [-0.3, -0.25) is 9.78 Å². The topological polar surface area (TPSA) is 70.5 Å². The van der Waals surface area contributed by atoms with Crippen LogP contribution < -0.4 is 0 Å². The molecule has 0 saturated carbocycles. The van der Waals surface area contributed by atoms with Crippen LogP contribution in [0.4, 0.5) is 0 Å². The summed E-state index contributed by atoms with van der Waals surface area (Å²) in [6, 6.07) is 2.74. The highest BCUT2D eigenvalue weighted by Crippen LogP contribution is 2.24. The highest BCUT2D eigenvalue weighted by Gasteiger charge is 2.35. The fourth-order valence-corrected chi connectivity index (χ4v) is 3.06. The Labute approximate surface area is 109 Å². The number of aryl methyl sites for hydroxylation is 2. The summed E-state index contributed by atoms with van der Waals surface area (Å²) in [7, 11) is 0. The largest absolute Gasteiger partial charge is 0.480 e. The van der Waals surface area contributed by atoms with Crippen molar-refractivity contribution in [2.75, 3.05) is 11.6 Å². The lowest BCUT2D eigenvalue weighted by atomic mass is 10.1. The van der Waals surface area contributed by atoms with E-state index in [9.17, 15) is 9.59 Å². The molecule has 1 aromatic heterocycles. The monoisotopic (exact) mass is 266 g/mol. The Balaban J connectivity index is 2.28. The molecule has 6 heteroatoms. The number of nitrogens with zero attached hydrogens (tertiary/aromatic N) is 2. The predicted molar refractivity (Wildman–Crippen MR) is 68.6 cm³/mol. The Morgan fingerprint density at radius 1 is 1.44 bits per heavy atom. The molecular formula is C12H14N2O3S. The maximum atomic E-state index is 12.3. The Kier molecular flexibility index (Phi) is 3.56. The zero-order valence-corrected chi connectivity index (χ0v) is 11.0. The second-order valence-corrected chi connectivity index (χ2v) is 5.21. The highest BCUT2D eigenvalue weighted by atomic mass is 32.2. The minimum Gasteiger partial charge on any atom is -0.480 e. The predicted octanol–water partition coefficient (Wildman–Crippen LogP) is 1.30. The number of carbonyl (C=O) groups is 2. The van der Waals surface area contributed by atoms with Gasteiger partial charge in [0.05, 0.1) is 17.1 Å². The number of hydrogen-bond acceptors (Lipinski definition) is 4. The van der Waals surface area contributed by atoms with Crippen LogP contribution >= 0.6 is 11.8 Å². The summed E-state index contributed by atoms with van der Waals surface area (Å²) in [6.07, 6.45) is 0. The zero-order chi connectivity index (χ0) is 13.3. The molecule has 0 radical (unpaired) electrons. The van der Waals surface area contributed by atoms with E-state index in [1.54, 1.807) is 19.1 Å². The number of aliphatic carboxylic acids is 1. The quantitative estimate of drug-likeness (QED) is 0.873. The molecule has 1 fully saturated rings. The smallest absolute Gasteiger partial charge is 0.327 e.